The Kier molecular flexibility index (Phi) is 5.70. The fraction of sp³-hybridized carbons (Fsp3) is 0.278. The third-order valence-electron chi connectivity index (χ3n) is 3.74. The van der Waals surface area contributed by atoms with Gasteiger partial charge >= 0.3 is 6.03 Å². The van der Waals surface area contributed by atoms with Crippen molar-refractivity contribution in [3.05, 3.63) is 53.6 Å². The number of rotatable bonds is 6. The fourth-order valence-electron chi connectivity index (χ4n) is 2.58. The minimum atomic E-state index is -3.34. The second kappa shape index (κ2) is 8.17. The molecule has 144 valence electrons. The molecule has 3 N–H and O–H groups in total. The van der Waals surface area contributed by atoms with Crippen molar-refractivity contribution >= 4 is 21.7 Å². The Morgan fingerprint density at radius 2 is 1.63 bits per heavy atom. The van der Waals surface area contributed by atoms with E-state index >= 15 is 0 Å². The molecule has 1 aliphatic heterocycles. The summed E-state index contributed by atoms with van der Waals surface area (Å²) in [5.74, 6) is 1.38. The lowest BCUT2D eigenvalue weighted by molar-refractivity contribution is 0.171. The molecule has 2 amide bonds. The number of ether oxygens (including phenoxy) is 2. The van der Waals surface area contributed by atoms with Crippen molar-refractivity contribution in [2.24, 2.45) is 0 Å². The van der Waals surface area contributed by atoms with Gasteiger partial charge in [-0.1, -0.05) is 18.2 Å². The maximum Gasteiger partial charge on any atom is 0.315 e. The van der Waals surface area contributed by atoms with Crippen molar-refractivity contribution in [2.75, 3.05) is 24.2 Å². The van der Waals surface area contributed by atoms with Crippen LogP contribution in [0.1, 0.15) is 11.1 Å². The van der Waals surface area contributed by atoms with Crippen molar-refractivity contribution in [3.8, 4) is 11.5 Å². The molecule has 0 fully saturated rings. The van der Waals surface area contributed by atoms with E-state index < -0.39 is 10.0 Å². The van der Waals surface area contributed by atoms with E-state index in [0.717, 1.165) is 17.4 Å². The van der Waals surface area contributed by atoms with Gasteiger partial charge in [0, 0.05) is 18.8 Å². The molecule has 0 aliphatic carbocycles. The highest BCUT2D eigenvalue weighted by Gasteiger charge is 2.12. The van der Waals surface area contributed by atoms with Gasteiger partial charge in [-0.15, -0.1) is 0 Å². The van der Waals surface area contributed by atoms with Gasteiger partial charge < -0.3 is 20.1 Å². The molecule has 2 aromatic rings. The third kappa shape index (κ3) is 5.78. The Bertz CT molecular complexity index is 930. The van der Waals surface area contributed by atoms with E-state index in [2.05, 4.69) is 15.4 Å². The van der Waals surface area contributed by atoms with Gasteiger partial charge in [-0.2, -0.15) is 0 Å². The molecule has 8 nitrogen and oxygen atoms in total. The quantitative estimate of drug-likeness (QED) is 0.697. The molecule has 0 bridgehead atoms. The number of nitrogens with one attached hydrogen (secondary N) is 3. The van der Waals surface area contributed by atoms with Crippen molar-refractivity contribution in [1.82, 2.24) is 10.6 Å². The summed E-state index contributed by atoms with van der Waals surface area (Å²) in [7, 11) is -3.34. The highest BCUT2D eigenvalue weighted by Crippen LogP contribution is 2.30. The number of amides is 2. The number of sulfonamides is 1. The van der Waals surface area contributed by atoms with Crippen LogP contribution in [-0.2, 0) is 23.1 Å². The Morgan fingerprint density at radius 3 is 2.33 bits per heavy atom. The van der Waals surface area contributed by atoms with Gasteiger partial charge in [0.05, 0.1) is 6.26 Å². The van der Waals surface area contributed by atoms with Gasteiger partial charge in [0.25, 0.3) is 0 Å². The molecular weight excluding hydrogens is 370 g/mol. The monoisotopic (exact) mass is 391 g/mol. The maximum absolute atomic E-state index is 12.0. The molecule has 3 rings (SSSR count). The Labute approximate surface area is 157 Å². The number of benzene rings is 2. The minimum absolute atomic E-state index is 0.270. The zero-order valence-electron chi connectivity index (χ0n) is 14.8. The number of hydrogen-bond donors (Lipinski definition) is 3. The lowest BCUT2D eigenvalue weighted by atomic mass is 10.2. The van der Waals surface area contributed by atoms with Crippen LogP contribution < -0.4 is 24.8 Å². The number of carbonyl (C=O) groups is 1. The summed E-state index contributed by atoms with van der Waals surface area (Å²) >= 11 is 0. The van der Waals surface area contributed by atoms with E-state index in [-0.39, 0.29) is 12.6 Å². The van der Waals surface area contributed by atoms with Crippen molar-refractivity contribution in [2.45, 2.75) is 13.1 Å². The van der Waals surface area contributed by atoms with Crippen LogP contribution in [0.15, 0.2) is 42.5 Å². The molecular formula is C18H21N3O5S. The fourth-order valence-corrected chi connectivity index (χ4v) is 3.14. The molecule has 9 heteroatoms. The predicted octanol–water partition coefficient (Wildman–Crippen LogP) is 1.83. The SMILES string of the molecule is CS(=O)(=O)Nc1cccc(CNC(=O)NCc2ccc3c(c2)OCCO3)c1. The molecule has 2 aromatic carbocycles. The largest absolute Gasteiger partial charge is 0.486 e. The van der Waals surface area contributed by atoms with Gasteiger partial charge in [0.15, 0.2) is 11.5 Å². The van der Waals surface area contributed by atoms with Crippen molar-refractivity contribution < 1.29 is 22.7 Å². The molecule has 0 spiro atoms. The molecule has 0 saturated carbocycles. The Hall–Kier alpha value is -2.94. The van der Waals surface area contributed by atoms with Gasteiger partial charge in [0.1, 0.15) is 13.2 Å². The maximum atomic E-state index is 12.0. The number of anilines is 1. The first-order chi connectivity index (χ1) is 12.9. The van der Waals surface area contributed by atoms with Crippen LogP contribution in [0.5, 0.6) is 11.5 Å². The summed E-state index contributed by atoms with van der Waals surface area (Å²) in [4.78, 5) is 12.0. The van der Waals surface area contributed by atoms with E-state index in [9.17, 15) is 13.2 Å². The average Bonchev–Trinajstić information content (AvgIpc) is 2.63. The van der Waals surface area contributed by atoms with E-state index in [4.69, 9.17) is 9.47 Å². The molecule has 27 heavy (non-hydrogen) atoms. The van der Waals surface area contributed by atoms with Crippen molar-refractivity contribution in [1.29, 1.82) is 0 Å². The highest BCUT2D eigenvalue weighted by molar-refractivity contribution is 7.92. The summed E-state index contributed by atoms with van der Waals surface area (Å²) in [6, 6.07) is 12.0. The van der Waals surface area contributed by atoms with Gasteiger partial charge in [-0.05, 0) is 35.4 Å². The van der Waals surface area contributed by atoms with E-state index in [1.165, 1.54) is 0 Å². The minimum Gasteiger partial charge on any atom is -0.486 e. The first kappa shape index (κ1) is 18.8. The standard InChI is InChI=1S/C18H21N3O5S/c1-27(23,24)21-15-4-2-3-13(9-15)11-19-18(22)20-12-14-5-6-16-17(10-14)26-8-7-25-16/h2-6,9-10,21H,7-8,11-12H2,1H3,(H2,19,20,22). The summed E-state index contributed by atoms with van der Waals surface area (Å²) < 4.78 is 35.9. The number of hydrogen-bond acceptors (Lipinski definition) is 5. The molecule has 1 heterocycles. The van der Waals surface area contributed by atoms with E-state index in [1.807, 2.05) is 18.2 Å². The van der Waals surface area contributed by atoms with E-state index in [0.29, 0.717) is 36.9 Å². The molecule has 1 aliphatic rings. The summed E-state index contributed by atoms with van der Waals surface area (Å²) in [6.07, 6.45) is 1.09. The smallest absolute Gasteiger partial charge is 0.315 e. The van der Waals surface area contributed by atoms with Crippen LogP contribution in [0.2, 0.25) is 0 Å². The number of urea groups is 1. The van der Waals surface area contributed by atoms with Crippen LogP contribution in [0.3, 0.4) is 0 Å². The third-order valence-corrected chi connectivity index (χ3v) is 4.35. The number of carbonyl (C=O) groups excluding carboxylic acids is 1. The van der Waals surface area contributed by atoms with Crippen LogP contribution in [0, 0.1) is 0 Å². The van der Waals surface area contributed by atoms with Crippen LogP contribution in [0.25, 0.3) is 0 Å². The molecule has 0 radical (unpaired) electrons. The topological polar surface area (TPSA) is 106 Å². The Morgan fingerprint density at radius 1 is 0.963 bits per heavy atom. The zero-order chi connectivity index (χ0) is 19.3. The lowest BCUT2D eigenvalue weighted by Crippen LogP contribution is -2.34. The second-order valence-corrected chi connectivity index (χ2v) is 7.84. The zero-order valence-corrected chi connectivity index (χ0v) is 15.6. The normalized spacial score (nSPS) is 12.9. The second-order valence-electron chi connectivity index (χ2n) is 6.09. The van der Waals surface area contributed by atoms with Gasteiger partial charge in [0.2, 0.25) is 10.0 Å². The van der Waals surface area contributed by atoms with Gasteiger partial charge in [-0.25, -0.2) is 13.2 Å². The van der Waals surface area contributed by atoms with E-state index in [1.54, 1.807) is 24.3 Å². The summed E-state index contributed by atoms with van der Waals surface area (Å²) in [5.41, 5.74) is 2.13. The summed E-state index contributed by atoms with van der Waals surface area (Å²) in [5, 5.41) is 5.51. The van der Waals surface area contributed by atoms with Crippen LogP contribution in [-0.4, -0.2) is 33.9 Å². The molecule has 0 atom stereocenters. The number of fused-ring (bicyclic) bond motifs is 1. The van der Waals surface area contributed by atoms with Crippen LogP contribution >= 0.6 is 0 Å². The predicted molar refractivity (Wildman–Crippen MR) is 101 cm³/mol. The Balaban J connectivity index is 1.49. The molecule has 0 unspecified atom stereocenters. The van der Waals surface area contributed by atoms with Gasteiger partial charge in [-0.3, -0.25) is 4.72 Å². The van der Waals surface area contributed by atoms with Crippen molar-refractivity contribution in [3.63, 3.8) is 0 Å². The first-order valence-electron chi connectivity index (χ1n) is 8.36. The lowest BCUT2D eigenvalue weighted by Gasteiger charge is -2.19. The van der Waals surface area contributed by atoms with Crippen LogP contribution in [0.4, 0.5) is 10.5 Å². The highest BCUT2D eigenvalue weighted by atomic mass is 32.2. The summed E-state index contributed by atoms with van der Waals surface area (Å²) in [6.45, 7) is 1.66. The first-order valence-corrected chi connectivity index (χ1v) is 10.3. The molecule has 0 saturated heterocycles. The molecule has 0 aromatic heterocycles. The average molecular weight is 391 g/mol.